The van der Waals surface area contributed by atoms with E-state index in [4.69, 9.17) is 9.52 Å². The van der Waals surface area contributed by atoms with Crippen molar-refractivity contribution in [1.82, 2.24) is 14.9 Å². The van der Waals surface area contributed by atoms with Gasteiger partial charge in [-0.25, -0.2) is 5.43 Å². The molecule has 6 nitrogen and oxygen atoms in total. The van der Waals surface area contributed by atoms with Crippen molar-refractivity contribution in [3.05, 3.63) is 84.1 Å². The molecule has 0 aliphatic carbocycles. The molecule has 2 aromatic carbocycles. The number of hydrazone groups is 1. The SMILES string of the molecule is C=CCc1cccc(/C=N/NC(=O)c2cc(-c3ccccc3)nn2[Si](C)(C)C(C)(C)C)c1O[Si](C)(C)C(C)(C)C. The third-order valence-corrected chi connectivity index (χ3v) is 17.8. The first kappa shape index (κ1) is 31.3. The zero-order chi connectivity index (χ0) is 29.9. The largest absolute Gasteiger partial charge is 0.543 e. The van der Waals surface area contributed by atoms with Crippen molar-refractivity contribution in [3.63, 3.8) is 0 Å². The van der Waals surface area contributed by atoms with Gasteiger partial charge in [-0.2, -0.15) is 10.2 Å². The second-order valence-corrected chi connectivity index (χ2v) is 23.2. The van der Waals surface area contributed by atoms with Crippen LogP contribution in [0.1, 0.15) is 63.2 Å². The number of benzene rings is 2. The van der Waals surface area contributed by atoms with Gasteiger partial charge in [-0.05, 0) is 60.4 Å². The number of para-hydroxylation sites is 1. The maximum Gasteiger partial charge on any atom is 0.288 e. The van der Waals surface area contributed by atoms with Gasteiger partial charge in [0.05, 0.1) is 11.9 Å². The highest BCUT2D eigenvalue weighted by Crippen LogP contribution is 2.40. The van der Waals surface area contributed by atoms with Crippen molar-refractivity contribution in [2.45, 2.75) is 84.2 Å². The average Bonchev–Trinajstić information content (AvgIpc) is 3.31. The van der Waals surface area contributed by atoms with E-state index in [0.717, 1.165) is 28.1 Å². The van der Waals surface area contributed by atoms with Gasteiger partial charge in [0.15, 0.2) is 8.24 Å². The topological polar surface area (TPSA) is 68.5 Å². The van der Waals surface area contributed by atoms with Gasteiger partial charge >= 0.3 is 0 Å². The first-order valence-electron chi connectivity index (χ1n) is 13.9. The fourth-order valence-corrected chi connectivity index (χ4v) is 6.64. The first-order chi connectivity index (χ1) is 18.5. The highest BCUT2D eigenvalue weighted by atomic mass is 28.4. The fourth-order valence-electron chi connectivity index (χ4n) is 3.81. The number of carbonyl (C=O) groups is 1. The molecule has 0 saturated carbocycles. The summed E-state index contributed by atoms with van der Waals surface area (Å²) in [6.45, 7) is 26.2. The van der Waals surface area contributed by atoms with Crippen LogP contribution in [0, 0.1) is 0 Å². The Bertz CT molecular complexity index is 1380. The van der Waals surface area contributed by atoms with Crippen LogP contribution in [0.3, 0.4) is 0 Å². The molecule has 0 bridgehead atoms. The molecule has 0 radical (unpaired) electrons. The summed E-state index contributed by atoms with van der Waals surface area (Å²) in [7, 11) is -4.32. The maximum atomic E-state index is 13.6. The summed E-state index contributed by atoms with van der Waals surface area (Å²) in [5.41, 5.74) is 6.93. The van der Waals surface area contributed by atoms with Crippen LogP contribution >= 0.6 is 0 Å². The Morgan fingerprint density at radius 1 is 1.00 bits per heavy atom. The predicted octanol–water partition coefficient (Wildman–Crippen LogP) is 8.28. The average molecular weight is 575 g/mol. The number of aromatic nitrogens is 2. The van der Waals surface area contributed by atoms with Gasteiger partial charge < -0.3 is 4.43 Å². The standard InChI is InChI=1S/C32H46N4O2Si2/c1-12-17-25-20-16-21-26(29(25)38-40(10,11)32(5,6)7)23-33-34-30(37)28-22-27(24-18-14-13-15-19-24)35-36(28)39(8,9)31(2,3)4/h12-16,18-23H,1,17H2,2-11H3,(H,34,37)/b33-23+. The van der Waals surface area contributed by atoms with Crippen molar-refractivity contribution < 1.29 is 9.22 Å². The molecular weight excluding hydrogens is 529 g/mol. The second-order valence-electron chi connectivity index (χ2n) is 13.4. The summed E-state index contributed by atoms with van der Waals surface area (Å²) in [6, 6.07) is 17.8. The van der Waals surface area contributed by atoms with Crippen LogP contribution in [0.5, 0.6) is 5.75 Å². The van der Waals surface area contributed by atoms with Crippen molar-refractivity contribution in [1.29, 1.82) is 0 Å². The van der Waals surface area contributed by atoms with E-state index in [1.807, 2.05) is 59.0 Å². The normalized spacial score (nSPS) is 12.9. The number of carbonyl (C=O) groups excluding carboxylic acids is 1. The molecule has 214 valence electrons. The molecule has 1 heterocycles. The number of hydrogen-bond donors (Lipinski definition) is 1. The highest BCUT2D eigenvalue weighted by Gasteiger charge is 2.42. The molecule has 1 N–H and O–H groups in total. The summed E-state index contributed by atoms with van der Waals surface area (Å²) < 4.78 is 8.72. The molecule has 3 aromatic rings. The zero-order valence-corrected chi connectivity index (χ0v) is 27.9. The molecule has 3 rings (SSSR count). The van der Waals surface area contributed by atoms with Gasteiger partial charge in [-0.15, -0.1) is 6.58 Å². The lowest BCUT2D eigenvalue weighted by atomic mass is 10.1. The van der Waals surface area contributed by atoms with Gasteiger partial charge in [0, 0.05) is 11.1 Å². The maximum absolute atomic E-state index is 13.6. The monoisotopic (exact) mass is 574 g/mol. The van der Waals surface area contributed by atoms with Gasteiger partial charge in [0.2, 0.25) is 0 Å². The fraction of sp³-hybridized carbons (Fsp3) is 0.406. The van der Waals surface area contributed by atoms with Crippen molar-refractivity contribution >= 4 is 28.7 Å². The Morgan fingerprint density at radius 3 is 2.23 bits per heavy atom. The molecule has 0 saturated heterocycles. The van der Waals surface area contributed by atoms with Crippen molar-refractivity contribution in [2.75, 3.05) is 0 Å². The predicted molar refractivity (Wildman–Crippen MR) is 173 cm³/mol. The van der Waals surface area contributed by atoms with Crippen LogP contribution in [0.25, 0.3) is 11.3 Å². The Kier molecular flexibility index (Phi) is 9.16. The summed E-state index contributed by atoms with van der Waals surface area (Å²) in [6.07, 6.45) is 4.24. The number of hydrogen-bond acceptors (Lipinski definition) is 4. The Balaban J connectivity index is 1.98. The van der Waals surface area contributed by atoms with Gasteiger partial charge in [0.1, 0.15) is 11.4 Å². The first-order valence-corrected chi connectivity index (χ1v) is 19.8. The van der Waals surface area contributed by atoms with E-state index >= 15 is 0 Å². The number of nitrogens with one attached hydrogen (secondary N) is 1. The molecule has 40 heavy (non-hydrogen) atoms. The van der Waals surface area contributed by atoms with E-state index in [1.54, 1.807) is 6.21 Å². The third kappa shape index (κ3) is 6.73. The molecule has 0 fully saturated rings. The number of amides is 1. The Morgan fingerprint density at radius 2 is 1.65 bits per heavy atom. The van der Waals surface area contributed by atoms with Crippen LogP contribution in [0.4, 0.5) is 0 Å². The highest BCUT2D eigenvalue weighted by molar-refractivity contribution is 6.78. The zero-order valence-electron chi connectivity index (χ0n) is 25.9. The summed E-state index contributed by atoms with van der Waals surface area (Å²) >= 11 is 0. The lowest BCUT2D eigenvalue weighted by Crippen LogP contribution is -2.48. The molecule has 0 atom stereocenters. The molecule has 0 aliphatic heterocycles. The van der Waals surface area contributed by atoms with E-state index in [0.29, 0.717) is 12.1 Å². The number of allylic oxidation sites excluding steroid dienone is 1. The van der Waals surface area contributed by atoms with E-state index < -0.39 is 16.6 Å². The molecule has 0 aliphatic rings. The van der Waals surface area contributed by atoms with Crippen LogP contribution in [-0.4, -0.2) is 38.1 Å². The van der Waals surface area contributed by atoms with Crippen LogP contribution in [-0.2, 0) is 6.42 Å². The minimum Gasteiger partial charge on any atom is -0.543 e. The van der Waals surface area contributed by atoms with E-state index in [2.05, 4.69) is 90.9 Å². The number of rotatable bonds is 9. The smallest absolute Gasteiger partial charge is 0.288 e. The molecule has 8 heteroatoms. The minimum atomic E-state index is -2.21. The Hall–Kier alpha value is -3.24. The van der Waals surface area contributed by atoms with Crippen molar-refractivity contribution in [3.8, 4) is 17.0 Å². The van der Waals surface area contributed by atoms with Gasteiger partial charge in [-0.1, -0.05) is 90.1 Å². The Labute approximate surface area is 242 Å². The van der Waals surface area contributed by atoms with Gasteiger partial charge in [0.25, 0.3) is 14.2 Å². The van der Waals surface area contributed by atoms with E-state index in [1.165, 1.54) is 0 Å². The molecule has 0 spiro atoms. The minimum absolute atomic E-state index is 0.0210. The molecule has 1 amide bonds. The van der Waals surface area contributed by atoms with E-state index in [9.17, 15) is 4.79 Å². The summed E-state index contributed by atoms with van der Waals surface area (Å²) in [5, 5.41) is 9.37. The van der Waals surface area contributed by atoms with E-state index in [-0.39, 0.29) is 16.0 Å². The quantitative estimate of drug-likeness (QED) is 0.121. The summed E-state index contributed by atoms with van der Waals surface area (Å²) in [5.74, 6) is 0.523. The van der Waals surface area contributed by atoms with Crippen LogP contribution in [0.15, 0.2) is 72.4 Å². The van der Waals surface area contributed by atoms with Crippen LogP contribution in [0.2, 0.25) is 36.3 Å². The second kappa shape index (κ2) is 11.7. The van der Waals surface area contributed by atoms with Gasteiger partial charge in [-0.3, -0.25) is 9.14 Å². The van der Waals surface area contributed by atoms with Crippen LogP contribution < -0.4 is 9.85 Å². The van der Waals surface area contributed by atoms with Crippen molar-refractivity contribution in [2.24, 2.45) is 5.10 Å². The molecular formula is C32H46N4O2Si2. The summed E-state index contributed by atoms with van der Waals surface area (Å²) in [4.78, 5) is 13.6. The third-order valence-electron chi connectivity index (χ3n) is 8.40. The lowest BCUT2D eigenvalue weighted by molar-refractivity contribution is 0.0948. The number of nitrogens with zero attached hydrogens (tertiary/aromatic N) is 3. The molecule has 0 unspecified atom stereocenters. The lowest BCUT2D eigenvalue weighted by Gasteiger charge is -2.37. The molecule has 1 aromatic heterocycles.